The van der Waals surface area contributed by atoms with E-state index >= 15 is 0 Å². The minimum Gasteiger partial charge on any atom is -0.468 e. The molecule has 104 valence electrons. The van der Waals surface area contributed by atoms with Gasteiger partial charge in [-0.1, -0.05) is 32.0 Å². The molecule has 1 aromatic carbocycles. The Labute approximate surface area is 114 Å². The summed E-state index contributed by atoms with van der Waals surface area (Å²) in [6.45, 7) is 5.61. The van der Waals surface area contributed by atoms with Crippen molar-refractivity contribution in [2.24, 2.45) is 11.8 Å². The van der Waals surface area contributed by atoms with E-state index in [0.29, 0.717) is 0 Å². The van der Waals surface area contributed by atoms with Crippen LogP contribution in [-0.2, 0) is 14.3 Å². The lowest BCUT2D eigenvalue weighted by atomic mass is 9.94. The van der Waals surface area contributed by atoms with Crippen LogP contribution >= 0.6 is 0 Å². The zero-order chi connectivity index (χ0) is 14.6. The van der Waals surface area contributed by atoms with E-state index in [4.69, 9.17) is 4.74 Å². The first-order chi connectivity index (χ1) is 8.90. The number of amides is 1. The van der Waals surface area contributed by atoms with Gasteiger partial charge in [-0.15, -0.1) is 0 Å². The lowest BCUT2D eigenvalue weighted by molar-refractivity contribution is -0.151. The van der Waals surface area contributed by atoms with E-state index in [-0.39, 0.29) is 11.8 Å². The molecule has 0 saturated carbocycles. The third-order valence-corrected chi connectivity index (χ3v) is 3.20. The van der Waals surface area contributed by atoms with E-state index in [2.05, 4.69) is 0 Å². The number of methoxy groups -OCH3 is 1. The molecule has 0 radical (unpaired) electrons. The molecule has 4 nitrogen and oxygen atoms in total. The molecule has 1 rings (SSSR count). The number of anilines is 1. The first-order valence-electron chi connectivity index (χ1n) is 6.31. The first-order valence-corrected chi connectivity index (χ1v) is 6.31. The van der Waals surface area contributed by atoms with Crippen LogP contribution in [0.15, 0.2) is 24.3 Å². The SMILES string of the molecule is COC(=O)C(C(=O)N(C)c1ccccc1C)C(C)C. The quantitative estimate of drug-likeness (QED) is 0.619. The van der Waals surface area contributed by atoms with Crippen molar-refractivity contribution in [3.63, 3.8) is 0 Å². The number of ether oxygens (including phenoxy) is 1. The predicted molar refractivity (Wildman–Crippen MR) is 74.9 cm³/mol. The number of benzene rings is 1. The fourth-order valence-corrected chi connectivity index (χ4v) is 2.05. The fourth-order valence-electron chi connectivity index (χ4n) is 2.05. The highest BCUT2D eigenvalue weighted by Crippen LogP contribution is 2.23. The van der Waals surface area contributed by atoms with Gasteiger partial charge in [-0.3, -0.25) is 9.59 Å². The summed E-state index contributed by atoms with van der Waals surface area (Å²) < 4.78 is 4.72. The first kappa shape index (κ1) is 15.2. The molecular weight excluding hydrogens is 242 g/mol. The molecule has 4 heteroatoms. The lowest BCUT2D eigenvalue weighted by Gasteiger charge is -2.25. The van der Waals surface area contributed by atoms with Crippen molar-refractivity contribution in [1.29, 1.82) is 0 Å². The number of esters is 1. The average molecular weight is 263 g/mol. The monoisotopic (exact) mass is 263 g/mol. The van der Waals surface area contributed by atoms with Crippen LogP contribution in [0.3, 0.4) is 0 Å². The summed E-state index contributed by atoms with van der Waals surface area (Å²) in [6.07, 6.45) is 0. The van der Waals surface area contributed by atoms with Gasteiger partial charge in [0.1, 0.15) is 5.92 Å². The van der Waals surface area contributed by atoms with E-state index in [1.54, 1.807) is 7.05 Å². The van der Waals surface area contributed by atoms with E-state index in [1.807, 2.05) is 45.0 Å². The normalized spacial score (nSPS) is 12.1. The van der Waals surface area contributed by atoms with Gasteiger partial charge in [0.25, 0.3) is 0 Å². The number of nitrogens with zero attached hydrogens (tertiary/aromatic N) is 1. The van der Waals surface area contributed by atoms with Crippen LogP contribution in [-0.4, -0.2) is 26.0 Å². The molecule has 1 unspecified atom stereocenters. The highest BCUT2D eigenvalue weighted by molar-refractivity contribution is 6.06. The Bertz CT molecular complexity index is 468. The van der Waals surface area contributed by atoms with E-state index in [9.17, 15) is 9.59 Å². The predicted octanol–water partition coefficient (Wildman–Crippen LogP) is 2.40. The van der Waals surface area contributed by atoms with Crippen LogP contribution in [0.4, 0.5) is 5.69 Å². The molecule has 0 aromatic heterocycles. The van der Waals surface area contributed by atoms with Gasteiger partial charge in [-0.25, -0.2) is 0 Å². The highest BCUT2D eigenvalue weighted by Gasteiger charge is 2.33. The Hall–Kier alpha value is -1.84. The van der Waals surface area contributed by atoms with Gasteiger partial charge in [0, 0.05) is 12.7 Å². The molecule has 0 aliphatic rings. The van der Waals surface area contributed by atoms with Gasteiger partial charge in [0.15, 0.2) is 0 Å². The topological polar surface area (TPSA) is 46.6 Å². The van der Waals surface area contributed by atoms with Gasteiger partial charge < -0.3 is 9.64 Å². The molecular formula is C15H21NO3. The van der Waals surface area contributed by atoms with Gasteiger partial charge in [-0.2, -0.15) is 0 Å². The third-order valence-electron chi connectivity index (χ3n) is 3.20. The zero-order valence-corrected chi connectivity index (χ0v) is 12.1. The van der Waals surface area contributed by atoms with Gasteiger partial charge in [0.2, 0.25) is 5.91 Å². The summed E-state index contributed by atoms with van der Waals surface area (Å²) in [6, 6.07) is 7.58. The van der Waals surface area contributed by atoms with Crippen molar-refractivity contribution in [2.45, 2.75) is 20.8 Å². The fraction of sp³-hybridized carbons (Fsp3) is 0.467. The van der Waals surface area contributed by atoms with E-state index < -0.39 is 11.9 Å². The number of hydrogen-bond donors (Lipinski definition) is 0. The smallest absolute Gasteiger partial charge is 0.318 e. The summed E-state index contributed by atoms with van der Waals surface area (Å²) in [4.78, 5) is 25.7. The number of carbonyl (C=O) groups is 2. The molecule has 0 aliphatic heterocycles. The van der Waals surface area contributed by atoms with Crippen molar-refractivity contribution < 1.29 is 14.3 Å². The average Bonchev–Trinajstić information content (AvgIpc) is 2.37. The van der Waals surface area contributed by atoms with E-state index in [0.717, 1.165) is 11.3 Å². The molecule has 0 heterocycles. The molecule has 0 fully saturated rings. The van der Waals surface area contributed by atoms with Crippen LogP contribution < -0.4 is 4.90 Å². The molecule has 0 aliphatic carbocycles. The number of rotatable bonds is 4. The van der Waals surface area contributed by atoms with Crippen molar-refractivity contribution in [2.75, 3.05) is 19.1 Å². The van der Waals surface area contributed by atoms with Crippen molar-refractivity contribution in [3.8, 4) is 0 Å². The molecule has 0 spiro atoms. The van der Waals surface area contributed by atoms with Gasteiger partial charge in [0.05, 0.1) is 7.11 Å². The standard InChI is InChI=1S/C15H21NO3/c1-10(2)13(15(18)19-5)14(17)16(4)12-9-7-6-8-11(12)3/h6-10,13H,1-5H3. The van der Waals surface area contributed by atoms with Crippen LogP contribution in [0.25, 0.3) is 0 Å². The van der Waals surface area contributed by atoms with Gasteiger partial charge in [-0.05, 0) is 24.5 Å². The van der Waals surface area contributed by atoms with Crippen LogP contribution in [0.5, 0.6) is 0 Å². The van der Waals surface area contributed by atoms with Crippen molar-refractivity contribution in [1.82, 2.24) is 0 Å². The summed E-state index contributed by atoms with van der Waals surface area (Å²) in [5.41, 5.74) is 1.80. The minimum absolute atomic E-state index is 0.105. The highest BCUT2D eigenvalue weighted by atomic mass is 16.5. The van der Waals surface area contributed by atoms with Crippen molar-refractivity contribution in [3.05, 3.63) is 29.8 Å². The van der Waals surface area contributed by atoms with Crippen LogP contribution in [0.2, 0.25) is 0 Å². The summed E-state index contributed by atoms with van der Waals surface area (Å²) in [7, 11) is 2.99. The Balaban J connectivity index is 3.04. The Morgan fingerprint density at radius 3 is 2.26 bits per heavy atom. The Kier molecular flexibility index (Phi) is 5.10. The second kappa shape index (κ2) is 6.36. The largest absolute Gasteiger partial charge is 0.468 e. The van der Waals surface area contributed by atoms with Crippen molar-refractivity contribution >= 4 is 17.6 Å². The molecule has 1 amide bonds. The van der Waals surface area contributed by atoms with E-state index in [1.165, 1.54) is 12.0 Å². The minimum atomic E-state index is -0.769. The summed E-state index contributed by atoms with van der Waals surface area (Å²) in [5, 5.41) is 0. The maximum atomic E-state index is 12.5. The van der Waals surface area contributed by atoms with Crippen LogP contribution in [0, 0.1) is 18.8 Å². The van der Waals surface area contributed by atoms with Crippen LogP contribution in [0.1, 0.15) is 19.4 Å². The summed E-state index contributed by atoms with van der Waals surface area (Å²) >= 11 is 0. The molecule has 0 bridgehead atoms. The number of hydrogen-bond acceptors (Lipinski definition) is 3. The molecule has 1 atom stereocenters. The maximum absolute atomic E-state index is 12.5. The van der Waals surface area contributed by atoms with Gasteiger partial charge >= 0.3 is 5.97 Å². The molecule has 19 heavy (non-hydrogen) atoms. The lowest BCUT2D eigenvalue weighted by Crippen LogP contribution is -2.40. The Morgan fingerprint density at radius 2 is 1.79 bits per heavy atom. The molecule has 1 aromatic rings. The maximum Gasteiger partial charge on any atom is 0.318 e. The molecule has 0 saturated heterocycles. The second-order valence-corrected chi connectivity index (χ2v) is 4.93. The number of carbonyl (C=O) groups excluding carboxylic acids is 2. The zero-order valence-electron chi connectivity index (χ0n) is 12.1. The second-order valence-electron chi connectivity index (χ2n) is 4.93. The number of aryl methyl sites for hydroxylation is 1. The number of para-hydroxylation sites is 1. The Morgan fingerprint density at radius 1 is 1.21 bits per heavy atom. The summed E-state index contributed by atoms with van der Waals surface area (Å²) in [5.74, 6) is -1.60. The molecule has 0 N–H and O–H groups in total. The third kappa shape index (κ3) is 3.34.